The van der Waals surface area contributed by atoms with Crippen molar-refractivity contribution in [2.75, 3.05) is 12.4 Å². The quantitative estimate of drug-likeness (QED) is 0.816. The van der Waals surface area contributed by atoms with E-state index in [1.54, 1.807) is 25.4 Å². The predicted molar refractivity (Wildman–Crippen MR) is 97.5 cm³/mol. The number of benzene rings is 1. The first kappa shape index (κ1) is 18.1. The number of carbonyl (C=O) groups excluding carboxylic acids is 1. The van der Waals surface area contributed by atoms with Gasteiger partial charge in [0, 0.05) is 17.1 Å². The molecule has 24 heavy (non-hydrogen) atoms. The van der Waals surface area contributed by atoms with Crippen LogP contribution in [-0.2, 0) is 0 Å². The Kier molecular flexibility index (Phi) is 6.04. The molecule has 0 saturated heterocycles. The number of aromatic nitrogens is 1. The number of rotatable bonds is 6. The van der Waals surface area contributed by atoms with Crippen molar-refractivity contribution in [2.24, 2.45) is 0 Å². The molecule has 128 valence electrons. The van der Waals surface area contributed by atoms with E-state index in [0.29, 0.717) is 16.5 Å². The van der Waals surface area contributed by atoms with Crippen LogP contribution in [0.3, 0.4) is 0 Å². The van der Waals surface area contributed by atoms with Gasteiger partial charge in [-0.25, -0.2) is 4.98 Å². The van der Waals surface area contributed by atoms with Gasteiger partial charge in [0.05, 0.1) is 24.7 Å². The Balaban J connectivity index is 2.15. The molecule has 1 aromatic carbocycles. The van der Waals surface area contributed by atoms with Gasteiger partial charge in [-0.15, -0.1) is 0 Å². The molecule has 0 aliphatic heterocycles. The monoisotopic (exact) mass is 347 g/mol. The minimum atomic E-state index is -0.171. The number of methoxy groups -OCH3 is 1. The summed E-state index contributed by atoms with van der Waals surface area (Å²) >= 11 is 6.11. The minimum Gasteiger partial charge on any atom is -0.495 e. The summed E-state index contributed by atoms with van der Waals surface area (Å²) in [6, 6.07) is 7.29. The first-order chi connectivity index (χ1) is 11.4. The SMILES string of the molecule is CCC(C)NC(=O)c1ccc(Nc2cc(C)c(Cl)cc2OC)cn1. The number of anilines is 2. The largest absolute Gasteiger partial charge is 0.495 e. The fraction of sp³-hybridized carbons (Fsp3) is 0.333. The maximum atomic E-state index is 12.0. The summed E-state index contributed by atoms with van der Waals surface area (Å²) in [5.41, 5.74) is 2.88. The van der Waals surface area contributed by atoms with Gasteiger partial charge in [-0.1, -0.05) is 18.5 Å². The van der Waals surface area contributed by atoms with Crippen molar-refractivity contribution in [3.8, 4) is 5.75 Å². The molecule has 0 radical (unpaired) electrons. The molecular weight excluding hydrogens is 326 g/mol. The third-order valence-electron chi connectivity index (χ3n) is 3.75. The zero-order valence-corrected chi connectivity index (χ0v) is 15.1. The topological polar surface area (TPSA) is 63.2 Å². The standard InChI is InChI=1S/C18H22ClN3O2/c1-5-12(3)21-18(23)15-7-6-13(10-20-15)22-16-8-11(2)14(19)9-17(16)24-4/h6-10,12,22H,5H2,1-4H3,(H,21,23). The Morgan fingerprint density at radius 2 is 2.12 bits per heavy atom. The van der Waals surface area contributed by atoms with E-state index in [-0.39, 0.29) is 11.9 Å². The number of amides is 1. The highest BCUT2D eigenvalue weighted by Gasteiger charge is 2.11. The van der Waals surface area contributed by atoms with E-state index < -0.39 is 0 Å². The highest BCUT2D eigenvalue weighted by molar-refractivity contribution is 6.31. The Bertz CT molecular complexity index is 717. The molecule has 0 spiro atoms. The molecule has 1 unspecified atom stereocenters. The molecule has 0 aliphatic carbocycles. The predicted octanol–water partition coefficient (Wildman–Crippen LogP) is 4.32. The van der Waals surface area contributed by atoms with Crippen molar-refractivity contribution in [1.29, 1.82) is 0 Å². The van der Waals surface area contributed by atoms with Crippen molar-refractivity contribution < 1.29 is 9.53 Å². The molecule has 0 bridgehead atoms. The number of nitrogens with one attached hydrogen (secondary N) is 2. The molecule has 1 aromatic heterocycles. The third kappa shape index (κ3) is 4.38. The van der Waals surface area contributed by atoms with Crippen LogP contribution < -0.4 is 15.4 Å². The molecule has 5 nitrogen and oxygen atoms in total. The molecule has 6 heteroatoms. The summed E-state index contributed by atoms with van der Waals surface area (Å²) in [6.07, 6.45) is 2.50. The van der Waals surface area contributed by atoms with E-state index in [1.807, 2.05) is 32.9 Å². The smallest absolute Gasteiger partial charge is 0.270 e. The Morgan fingerprint density at radius 3 is 2.71 bits per heavy atom. The Hall–Kier alpha value is -2.27. The normalized spacial score (nSPS) is 11.7. The van der Waals surface area contributed by atoms with E-state index in [9.17, 15) is 4.79 Å². The molecule has 0 saturated carbocycles. The number of ether oxygens (including phenoxy) is 1. The highest BCUT2D eigenvalue weighted by atomic mass is 35.5. The van der Waals surface area contributed by atoms with Crippen LogP contribution >= 0.6 is 11.6 Å². The van der Waals surface area contributed by atoms with Crippen LogP contribution in [0.5, 0.6) is 5.75 Å². The summed E-state index contributed by atoms with van der Waals surface area (Å²) in [7, 11) is 1.59. The summed E-state index contributed by atoms with van der Waals surface area (Å²) in [4.78, 5) is 16.3. The summed E-state index contributed by atoms with van der Waals surface area (Å²) in [5.74, 6) is 0.472. The zero-order chi connectivity index (χ0) is 17.7. The Morgan fingerprint density at radius 1 is 1.38 bits per heavy atom. The first-order valence-electron chi connectivity index (χ1n) is 7.82. The van der Waals surface area contributed by atoms with Crippen LogP contribution in [-0.4, -0.2) is 24.0 Å². The highest BCUT2D eigenvalue weighted by Crippen LogP contribution is 2.32. The van der Waals surface area contributed by atoms with Crippen molar-refractivity contribution in [3.05, 3.63) is 46.7 Å². The Labute approximate surface area is 147 Å². The van der Waals surface area contributed by atoms with Gasteiger partial charge in [0.25, 0.3) is 5.91 Å². The number of nitrogens with zero attached hydrogens (tertiary/aromatic N) is 1. The average molecular weight is 348 g/mol. The second-order valence-corrected chi connectivity index (χ2v) is 6.05. The minimum absolute atomic E-state index is 0.124. The maximum absolute atomic E-state index is 12.0. The lowest BCUT2D eigenvalue weighted by atomic mass is 10.2. The van der Waals surface area contributed by atoms with Gasteiger partial charge < -0.3 is 15.4 Å². The van der Waals surface area contributed by atoms with E-state index in [1.165, 1.54) is 0 Å². The molecular formula is C18H22ClN3O2. The van der Waals surface area contributed by atoms with E-state index in [4.69, 9.17) is 16.3 Å². The van der Waals surface area contributed by atoms with Crippen molar-refractivity contribution in [2.45, 2.75) is 33.2 Å². The lowest BCUT2D eigenvalue weighted by molar-refractivity contribution is 0.0934. The molecule has 0 aliphatic rings. The summed E-state index contributed by atoms with van der Waals surface area (Å²) in [5, 5.41) is 6.77. The van der Waals surface area contributed by atoms with Gasteiger partial charge in [0.2, 0.25) is 0 Å². The number of carbonyl (C=O) groups is 1. The van der Waals surface area contributed by atoms with Gasteiger partial charge in [-0.3, -0.25) is 4.79 Å². The molecule has 1 amide bonds. The summed E-state index contributed by atoms with van der Waals surface area (Å²) in [6.45, 7) is 5.91. The fourth-order valence-electron chi connectivity index (χ4n) is 2.09. The molecule has 1 heterocycles. The number of pyridine rings is 1. The van der Waals surface area contributed by atoms with Crippen molar-refractivity contribution in [1.82, 2.24) is 10.3 Å². The molecule has 2 aromatic rings. The van der Waals surface area contributed by atoms with Crippen molar-refractivity contribution in [3.63, 3.8) is 0 Å². The summed E-state index contributed by atoms with van der Waals surface area (Å²) < 4.78 is 5.34. The number of halogens is 1. The van der Waals surface area contributed by atoms with Crippen LogP contribution in [0.1, 0.15) is 36.3 Å². The van der Waals surface area contributed by atoms with Gasteiger partial charge in [0.15, 0.2) is 0 Å². The second-order valence-electron chi connectivity index (χ2n) is 5.64. The van der Waals surface area contributed by atoms with E-state index >= 15 is 0 Å². The average Bonchev–Trinajstić information content (AvgIpc) is 2.58. The van der Waals surface area contributed by atoms with Gasteiger partial charge in [-0.2, -0.15) is 0 Å². The molecule has 2 rings (SSSR count). The lowest BCUT2D eigenvalue weighted by Gasteiger charge is -2.14. The zero-order valence-electron chi connectivity index (χ0n) is 14.3. The van der Waals surface area contributed by atoms with Crippen LogP contribution in [0.2, 0.25) is 5.02 Å². The molecule has 0 fully saturated rings. The van der Waals surface area contributed by atoms with Crippen LogP contribution in [0.15, 0.2) is 30.5 Å². The number of hydrogen-bond acceptors (Lipinski definition) is 4. The van der Waals surface area contributed by atoms with Gasteiger partial charge >= 0.3 is 0 Å². The molecule has 2 N–H and O–H groups in total. The van der Waals surface area contributed by atoms with Gasteiger partial charge in [0.1, 0.15) is 11.4 Å². The lowest BCUT2D eigenvalue weighted by Crippen LogP contribution is -2.32. The maximum Gasteiger partial charge on any atom is 0.270 e. The van der Waals surface area contributed by atoms with Crippen LogP contribution in [0, 0.1) is 6.92 Å². The fourth-order valence-corrected chi connectivity index (χ4v) is 2.24. The number of hydrogen-bond donors (Lipinski definition) is 2. The third-order valence-corrected chi connectivity index (χ3v) is 4.15. The van der Waals surface area contributed by atoms with E-state index in [0.717, 1.165) is 23.4 Å². The van der Waals surface area contributed by atoms with Crippen LogP contribution in [0.4, 0.5) is 11.4 Å². The second kappa shape index (κ2) is 8.02. The van der Waals surface area contributed by atoms with E-state index in [2.05, 4.69) is 15.6 Å². The van der Waals surface area contributed by atoms with Crippen molar-refractivity contribution >= 4 is 28.9 Å². The van der Waals surface area contributed by atoms with Crippen LogP contribution in [0.25, 0.3) is 0 Å². The van der Waals surface area contributed by atoms with Gasteiger partial charge in [-0.05, 0) is 44.0 Å². The number of aryl methyl sites for hydroxylation is 1. The first-order valence-corrected chi connectivity index (χ1v) is 8.20. The molecule has 1 atom stereocenters.